The van der Waals surface area contributed by atoms with Gasteiger partial charge in [0, 0.05) is 43.3 Å². The van der Waals surface area contributed by atoms with Gasteiger partial charge in [-0.1, -0.05) is 0 Å². The lowest BCUT2D eigenvalue weighted by atomic mass is 9.88. The number of carbonyl (C=O) groups excluding carboxylic acids is 1. The Hall–Kier alpha value is -2.00. The summed E-state index contributed by atoms with van der Waals surface area (Å²) in [5, 5.41) is 6.36. The Morgan fingerprint density at radius 3 is 3.04 bits per heavy atom. The summed E-state index contributed by atoms with van der Waals surface area (Å²) >= 11 is 1.43. The second-order valence-electron chi connectivity index (χ2n) is 7.38. The molecule has 1 N–H and O–H groups in total. The Morgan fingerprint density at radius 2 is 2.33 bits per heavy atom. The number of halogens is 2. The van der Waals surface area contributed by atoms with Crippen molar-refractivity contribution in [3.63, 3.8) is 0 Å². The van der Waals surface area contributed by atoms with Gasteiger partial charge in [0.2, 0.25) is 0 Å². The van der Waals surface area contributed by atoms with Crippen molar-refractivity contribution in [3.8, 4) is 0 Å². The molecule has 0 saturated carbocycles. The zero-order valence-electron chi connectivity index (χ0n) is 14.7. The number of aliphatic imine (C=N–C) groups is 1. The van der Waals surface area contributed by atoms with Crippen molar-refractivity contribution in [2.45, 2.75) is 37.0 Å². The molecule has 27 heavy (non-hydrogen) atoms. The molecule has 4 aliphatic heterocycles. The molecule has 5 rings (SSSR count). The summed E-state index contributed by atoms with van der Waals surface area (Å²) in [5.74, 6) is -2.19. The number of amides is 1. The average Bonchev–Trinajstić information content (AvgIpc) is 3.31. The maximum Gasteiger partial charge on any atom is 0.264 e. The predicted molar refractivity (Wildman–Crippen MR) is 97.5 cm³/mol. The van der Waals surface area contributed by atoms with Crippen LogP contribution in [0, 0.1) is 0 Å². The monoisotopic (exact) mass is 392 g/mol. The zero-order valence-corrected chi connectivity index (χ0v) is 15.5. The quantitative estimate of drug-likeness (QED) is 0.856. The van der Waals surface area contributed by atoms with Crippen LogP contribution in [0.25, 0.3) is 4.91 Å². The number of thioether (sulfide) groups is 1. The molecule has 0 bridgehead atoms. The van der Waals surface area contributed by atoms with E-state index in [4.69, 9.17) is 4.74 Å². The predicted octanol–water partition coefficient (Wildman–Crippen LogP) is 2.62. The summed E-state index contributed by atoms with van der Waals surface area (Å²) in [4.78, 5) is 19.6. The summed E-state index contributed by atoms with van der Waals surface area (Å²) in [6.45, 7) is 2.28. The van der Waals surface area contributed by atoms with Crippen LogP contribution in [-0.4, -0.2) is 63.6 Å². The number of allylic oxidation sites excluding steroid dienone is 1. The van der Waals surface area contributed by atoms with E-state index in [1.165, 1.54) is 11.8 Å². The zero-order chi connectivity index (χ0) is 18.8. The van der Waals surface area contributed by atoms with Crippen LogP contribution >= 0.6 is 11.8 Å². The second-order valence-corrected chi connectivity index (χ2v) is 8.50. The van der Waals surface area contributed by atoms with Crippen LogP contribution in [0.15, 0.2) is 34.3 Å². The molecule has 4 aliphatic rings. The summed E-state index contributed by atoms with van der Waals surface area (Å²) in [6.07, 6.45) is 3.89. The molecule has 1 fully saturated rings. The normalized spacial score (nSPS) is 29.9. The Morgan fingerprint density at radius 1 is 1.48 bits per heavy atom. The number of nitrogens with one attached hydrogen (secondary N) is 1. The summed E-state index contributed by atoms with van der Waals surface area (Å²) < 4.78 is 33.2. The number of nitrogens with zero attached hydrogens (tertiary/aromatic N) is 3. The van der Waals surface area contributed by atoms with Crippen LogP contribution in [0.4, 0.5) is 8.78 Å². The number of alkyl halides is 2. The number of H-pyrrole nitrogens is 1. The van der Waals surface area contributed by atoms with Crippen molar-refractivity contribution in [1.29, 1.82) is 0 Å². The van der Waals surface area contributed by atoms with Gasteiger partial charge in [-0.05, 0) is 12.5 Å². The van der Waals surface area contributed by atoms with Gasteiger partial charge < -0.3 is 4.74 Å². The fourth-order valence-corrected chi connectivity index (χ4v) is 5.36. The molecule has 9 heteroatoms. The lowest BCUT2D eigenvalue weighted by Crippen LogP contribution is -2.38. The average molecular weight is 392 g/mol. The summed E-state index contributed by atoms with van der Waals surface area (Å²) in [5.41, 5.74) is 3.34. The van der Waals surface area contributed by atoms with E-state index in [-0.39, 0.29) is 31.5 Å². The van der Waals surface area contributed by atoms with Crippen LogP contribution in [0.1, 0.15) is 25.3 Å². The van der Waals surface area contributed by atoms with E-state index in [9.17, 15) is 13.6 Å². The minimum Gasteiger partial charge on any atom is -0.489 e. The van der Waals surface area contributed by atoms with Crippen molar-refractivity contribution in [2.75, 3.05) is 19.6 Å². The molecule has 1 amide bonds. The Labute approximate surface area is 158 Å². The Kier molecular flexibility index (Phi) is 3.80. The molecule has 1 aromatic rings. The van der Waals surface area contributed by atoms with E-state index in [2.05, 4.69) is 15.2 Å². The van der Waals surface area contributed by atoms with Gasteiger partial charge in [-0.15, -0.1) is 11.8 Å². The molecular weight excluding hydrogens is 374 g/mol. The molecule has 2 atom stereocenters. The Balaban J connectivity index is 1.54. The lowest BCUT2D eigenvalue weighted by molar-refractivity contribution is -0.116. The number of hydrogen-bond acceptors (Lipinski definition) is 5. The first kappa shape index (κ1) is 17.1. The SMILES string of the molecule is C[C@H]1CC2=C3C(=C(c4cn[nH]c4)SC3C(=O)N=C2CN2CCC(F)(F)C2)O1. The lowest BCUT2D eigenvalue weighted by Gasteiger charge is -2.32. The van der Waals surface area contributed by atoms with Crippen molar-refractivity contribution >= 4 is 28.3 Å². The third kappa shape index (κ3) is 2.84. The van der Waals surface area contributed by atoms with E-state index in [1.54, 1.807) is 17.3 Å². The summed E-state index contributed by atoms with van der Waals surface area (Å²) in [7, 11) is 0. The highest BCUT2D eigenvalue weighted by atomic mass is 32.2. The largest absolute Gasteiger partial charge is 0.489 e. The minimum absolute atomic E-state index is 0.0709. The van der Waals surface area contributed by atoms with E-state index in [1.807, 2.05) is 6.92 Å². The van der Waals surface area contributed by atoms with Crippen molar-refractivity contribution in [2.24, 2.45) is 4.99 Å². The van der Waals surface area contributed by atoms with E-state index in [0.717, 1.165) is 21.6 Å². The topological polar surface area (TPSA) is 70.6 Å². The van der Waals surface area contributed by atoms with Crippen LogP contribution in [-0.2, 0) is 9.53 Å². The maximum absolute atomic E-state index is 13.6. The number of likely N-dealkylation sites (tertiary alicyclic amines) is 1. The molecule has 6 nitrogen and oxygen atoms in total. The second kappa shape index (κ2) is 6.00. The highest BCUT2D eigenvalue weighted by Gasteiger charge is 2.46. The van der Waals surface area contributed by atoms with Crippen LogP contribution in [0.3, 0.4) is 0 Å². The van der Waals surface area contributed by atoms with Crippen molar-refractivity contribution in [1.82, 2.24) is 15.1 Å². The van der Waals surface area contributed by atoms with Crippen LogP contribution < -0.4 is 0 Å². The number of hydrogen-bond donors (Lipinski definition) is 1. The van der Waals surface area contributed by atoms with Crippen LogP contribution in [0.2, 0.25) is 0 Å². The van der Waals surface area contributed by atoms with Crippen molar-refractivity contribution in [3.05, 3.63) is 34.9 Å². The molecule has 0 radical (unpaired) electrons. The smallest absolute Gasteiger partial charge is 0.264 e. The molecule has 0 spiro atoms. The van der Waals surface area contributed by atoms with Gasteiger partial charge in [-0.25, -0.2) is 13.8 Å². The minimum atomic E-state index is -2.66. The molecule has 1 saturated heterocycles. The molecule has 5 heterocycles. The summed E-state index contributed by atoms with van der Waals surface area (Å²) in [6, 6.07) is 0. The number of ether oxygens (including phenoxy) is 1. The molecule has 1 unspecified atom stereocenters. The molecular formula is C18H18F2N4O2S. The number of aromatic nitrogens is 2. The highest BCUT2D eigenvalue weighted by molar-refractivity contribution is 8.10. The molecule has 0 aromatic carbocycles. The first-order chi connectivity index (χ1) is 12.9. The fraction of sp³-hybridized carbons (Fsp3) is 0.500. The van der Waals surface area contributed by atoms with E-state index >= 15 is 0 Å². The van der Waals surface area contributed by atoms with Gasteiger partial charge in [0.1, 0.15) is 17.1 Å². The molecule has 0 aliphatic carbocycles. The van der Waals surface area contributed by atoms with Crippen LogP contribution in [0.5, 0.6) is 0 Å². The number of rotatable bonds is 3. The number of aromatic amines is 1. The van der Waals surface area contributed by atoms with Gasteiger partial charge in [0.25, 0.3) is 11.8 Å². The van der Waals surface area contributed by atoms with Crippen molar-refractivity contribution < 1.29 is 18.3 Å². The van der Waals surface area contributed by atoms with Gasteiger partial charge in [0.15, 0.2) is 0 Å². The number of carbonyl (C=O) groups is 1. The van der Waals surface area contributed by atoms with E-state index in [0.29, 0.717) is 24.4 Å². The maximum atomic E-state index is 13.6. The molecule has 142 valence electrons. The molecule has 1 aromatic heterocycles. The first-order valence-corrected chi connectivity index (χ1v) is 9.81. The third-order valence-corrected chi connectivity index (χ3v) is 6.61. The van der Waals surface area contributed by atoms with Gasteiger partial charge in [0.05, 0.1) is 23.4 Å². The van der Waals surface area contributed by atoms with E-state index < -0.39 is 11.2 Å². The number of dihydropyridines is 1. The van der Waals surface area contributed by atoms with Gasteiger partial charge in [-0.2, -0.15) is 5.10 Å². The van der Waals surface area contributed by atoms with Gasteiger partial charge >= 0.3 is 0 Å². The first-order valence-electron chi connectivity index (χ1n) is 8.93. The van der Waals surface area contributed by atoms with Gasteiger partial charge in [-0.3, -0.25) is 14.8 Å². The Bertz CT molecular complexity index is 906. The fourth-order valence-electron chi connectivity index (χ4n) is 4.09. The standard InChI is InChI=1S/C18H18F2N4O2S/c1-9-4-11-12(7-24-3-2-18(19,20)8-24)23-17(25)16-13(11)14(26-9)15(27-16)10-5-21-22-6-10/h5-6,9,16H,2-4,7-8H2,1H3,(H,21,22)/t9-,16?/m0/s1. The third-order valence-electron chi connectivity index (χ3n) is 5.28. The highest BCUT2D eigenvalue weighted by Crippen LogP contribution is 2.53.